The van der Waals surface area contributed by atoms with E-state index in [-0.39, 0.29) is 22.8 Å². The Labute approximate surface area is 157 Å². The normalized spacial score (nSPS) is 49.8. The van der Waals surface area contributed by atoms with Crippen molar-refractivity contribution in [1.82, 2.24) is 0 Å². The van der Waals surface area contributed by atoms with Crippen LogP contribution in [0.1, 0.15) is 72.1 Å². The molecule has 1 unspecified atom stereocenters. The summed E-state index contributed by atoms with van der Waals surface area (Å²) in [4.78, 5) is 0. The number of allylic oxidation sites excluding steroid dienone is 2. The number of rotatable bonds is 2. The van der Waals surface area contributed by atoms with Crippen LogP contribution in [0.3, 0.4) is 0 Å². The van der Waals surface area contributed by atoms with Crippen LogP contribution in [-0.4, -0.2) is 22.9 Å². The minimum atomic E-state index is -0.442. The summed E-state index contributed by atoms with van der Waals surface area (Å²) in [6.45, 7) is 6.55. The van der Waals surface area contributed by atoms with E-state index in [0.29, 0.717) is 23.7 Å². The maximum atomic E-state index is 14.4. The van der Waals surface area contributed by atoms with E-state index < -0.39 is 6.61 Å². The van der Waals surface area contributed by atoms with Crippen molar-refractivity contribution in [3.05, 3.63) is 23.0 Å². The lowest BCUT2D eigenvalue weighted by atomic mass is 9.45. The molecular formula is C23H35FO2. The van der Waals surface area contributed by atoms with Crippen molar-refractivity contribution in [2.75, 3.05) is 6.61 Å². The van der Waals surface area contributed by atoms with Gasteiger partial charge in [-0.25, -0.2) is 4.39 Å². The van der Waals surface area contributed by atoms with Crippen molar-refractivity contribution in [2.24, 2.45) is 34.5 Å². The van der Waals surface area contributed by atoms with Crippen molar-refractivity contribution >= 4 is 0 Å². The molecule has 4 aliphatic rings. The van der Waals surface area contributed by atoms with Crippen molar-refractivity contribution in [3.8, 4) is 0 Å². The molecule has 3 fully saturated rings. The van der Waals surface area contributed by atoms with E-state index in [2.05, 4.69) is 26.8 Å². The van der Waals surface area contributed by atoms with E-state index in [0.717, 1.165) is 56.9 Å². The highest BCUT2D eigenvalue weighted by Crippen LogP contribution is 2.67. The van der Waals surface area contributed by atoms with Gasteiger partial charge >= 0.3 is 0 Å². The van der Waals surface area contributed by atoms with Crippen LogP contribution in [0.5, 0.6) is 0 Å². The van der Waals surface area contributed by atoms with Crippen LogP contribution in [0.2, 0.25) is 0 Å². The van der Waals surface area contributed by atoms with Gasteiger partial charge in [-0.3, -0.25) is 0 Å². The van der Waals surface area contributed by atoms with Gasteiger partial charge in [-0.2, -0.15) is 0 Å². The molecule has 0 aromatic rings. The van der Waals surface area contributed by atoms with Crippen LogP contribution < -0.4 is 0 Å². The predicted octanol–water partition coefficient (Wildman–Crippen LogP) is 5.16. The summed E-state index contributed by atoms with van der Waals surface area (Å²) in [5.74, 6) is 2.09. The molecule has 2 nitrogen and oxygen atoms in total. The topological polar surface area (TPSA) is 40.5 Å². The predicted molar refractivity (Wildman–Crippen MR) is 102 cm³/mol. The molecule has 26 heavy (non-hydrogen) atoms. The standard InChI is InChI=1S/C23H35FO2/c1-4-14-11-15-12-16(26)7-9-22(15,2)19-8-10-23(3)17(20(24)13-25)5-6-18(23)21(14)19/h11,14,16,18-19,21,25-26H,4-10,12-13H2,1-3H3/t14?,16-,18-,19-,21-,22-,23+/m0/s1. The summed E-state index contributed by atoms with van der Waals surface area (Å²) in [5.41, 5.74) is 2.57. The molecule has 3 heteroatoms. The van der Waals surface area contributed by atoms with Gasteiger partial charge < -0.3 is 10.2 Å². The SMILES string of the molecule is CCC1C=C2C[C@@H](O)CC[C@]2(C)[C@H]2CC[C@]3(C)C(=C(F)CO)CC[C@H]3[C@H]12. The third kappa shape index (κ3) is 2.49. The molecule has 3 saturated carbocycles. The highest BCUT2D eigenvalue weighted by molar-refractivity contribution is 5.31. The number of fused-ring (bicyclic) bond motifs is 5. The van der Waals surface area contributed by atoms with Crippen LogP contribution in [0.15, 0.2) is 23.0 Å². The fourth-order valence-electron chi connectivity index (χ4n) is 7.55. The van der Waals surface area contributed by atoms with Crippen molar-refractivity contribution in [2.45, 2.75) is 78.2 Å². The van der Waals surface area contributed by atoms with Gasteiger partial charge in [0.15, 0.2) is 0 Å². The van der Waals surface area contributed by atoms with E-state index in [1.165, 1.54) is 5.57 Å². The Morgan fingerprint density at radius 2 is 1.85 bits per heavy atom. The first kappa shape index (κ1) is 18.7. The summed E-state index contributed by atoms with van der Waals surface area (Å²) in [6, 6.07) is 0. The molecule has 0 saturated heterocycles. The monoisotopic (exact) mass is 362 g/mol. The first-order valence-corrected chi connectivity index (χ1v) is 10.7. The molecule has 0 aliphatic heterocycles. The highest BCUT2D eigenvalue weighted by Gasteiger charge is 2.59. The van der Waals surface area contributed by atoms with Crippen LogP contribution >= 0.6 is 0 Å². The smallest absolute Gasteiger partial charge is 0.125 e. The van der Waals surface area contributed by atoms with Crippen LogP contribution in [0, 0.1) is 34.5 Å². The molecular weight excluding hydrogens is 327 g/mol. The summed E-state index contributed by atoms with van der Waals surface area (Å²) in [5, 5.41) is 19.6. The van der Waals surface area contributed by atoms with Gasteiger partial charge in [-0.15, -0.1) is 0 Å². The molecule has 0 bridgehead atoms. The second-order valence-corrected chi connectivity index (χ2v) is 9.90. The fourth-order valence-corrected chi connectivity index (χ4v) is 7.55. The summed E-state index contributed by atoms with van der Waals surface area (Å²) < 4.78 is 14.4. The molecule has 0 amide bonds. The van der Waals surface area contributed by atoms with Gasteiger partial charge in [-0.1, -0.05) is 32.4 Å². The molecule has 0 aromatic carbocycles. The molecule has 0 radical (unpaired) electrons. The molecule has 2 N–H and O–H groups in total. The summed E-state index contributed by atoms with van der Waals surface area (Å²) >= 11 is 0. The van der Waals surface area contributed by atoms with Gasteiger partial charge in [0.2, 0.25) is 0 Å². The van der Waals surface area contributed by atoms with Crippen LogP contribution in [-0.2, 0) is 0 Å². The quantitative estimate of drug-likeness (QED) is 0.666. The van der Waals surface area contributed by atoms with Crippen LogP contribution in [0.25, 0.3) is 0 Å². The number of aliphatic hydroxyl groups excluding tert-OH is 2. The van der Waals surface area contributed by atoms with Crippen molar-refractivity contribution in [3.63, 3.8) is 0 Å². The van der Waals surface area contributed by atoms with E-state index in [1.54, 1.807) is 0 Å². The number of aliphatic hydroxyl groups is 2. The Morgan fingerprint density at radius 3 is 2.54 bits per heavy atom. The first-order chi connectivity index (χ1) is 12.3. The van der Waals surface area contributed by atoms with E-state index in [4.69, 9.17) is 0 Å². The minimum Gasteiger partial charge on any atom is -0.393 e. The molecule has 0 spiro atoms. The molecule has 4 aliphatic carbocycles. The third-order valence-corrected chi connectivity index (χ3v) is 8.97. The average molecular weight is 363 g/mol. The lowest BCUT2D eigenvalue weighted by Gasteiger charge is -2.59. The van der Waals surface area contributed by atoms with E-state index in [1.807, 2.05) is 0 Å². The third-order valence-electron chi connectivity index (χ3n) is 8.97. The molecule has 0 aromatic heterocycles. The van der Waals surface area contributed by atoms with Gasteiger partial charge in [0.1, 0.15) is 5.83 Å². The Kier molecular flexibility index (Phi) is 4.63. The second kappa shape index (κ2) is 6.44. The molecule has 4 rings (SSSR count). The van der Waals surface area contributed by atoms with Gasteiger partial charge in [-0.05, 0) is 91.4 Å². The second-order valence-electron chi connectivity index (χ2n) is 9.90. The largest absolute Gasteiger partial charge is 0.393 e. The number of hydrogen-bond acceptors (Lipinski definition) is 2. The Morgan fingerprint density at radius 1 is 1.15 bits per heavy atom. The van der Waals surface area contributed by atoms with E-state index in [9.17, 15) is 14.6 Å². The van der Waals surface area contributed by atoms with E-state index >= 15 is 0 Å². The van der Waals surface area contributed by atoms with Crippen LogP contribution in [0.4, 0.5) is 4.39 Å². The Hall–Kier alpha value is -0.670. The molecule has 7 atom stereocenters. The average Bonchev–Trinajstić information content (AvgIpc) is 2.98. The van der Waals surface area contributed by atoms with Crippen molar-refractivity contribution in [1.29, 1.82) is 0 Å². The fraction of sp³-hybridized carbons (Fsp3) is 0.826. The number of halogens is 1. The minimum absolute atomic E-state index is 0.0721. The summed E-state index contributed by atoms with van der Waals surface area (Å²) in [7, 11) is 0. The zero-order valence-corrected chi connectivity index (χ0v) is 16.6. The zero-order valence-electron chi connectivity index (χ0n) is 16.6. The number of hydrogen-bond donors (Lipinski definition) is 2. The highest BCUT2D eigenvalue weighted by atomic mass is 19.1. The summed E-state index contributed by atoms with van der Waals surface area (Å²) in [6.07, 6.45) is 10.4. The maximum Gasteiger partial charge on any atom is 0.125 e. The first-order valence-electron chi connectivity index (χ1n) is 10.7. The maximum absolute atomic E-state index is 14.4. The Bertz CT molecular complexity index is 638. The molecule has 0 heterocycles. The van der Waals surface area contributed by atoms with Gasteiger partial charge in [0.05, 0.1) is 12.7 Å². The lowest BCUT2D eigenvalue weighted by Crippen LogP contribution is -2.52. The van der Waals surface area contributed by atoms with Gasteiger partial charge in [0.25, 0.3) is 0 Å². The van der Waals surface area contributed by atoms with Gasteiger partial charge in [0, 0.05) is 0 Å². The lowest BCUT2D eigenvalue weighted by molar-refractivity contribution is -0.0498. The zero-order chi connectivity index (χ0) is 18.7. The van der Waals surface area contributed by atoms with Crippen molar-refractivity contribution < 1.29 is 14.6 Å². The molecule has 146 valence electrons. The Balaban J connectivity index is 1.75.